The highest BCUT2D eigenvalue weighted by Gasteiger charge is 2.56. The average Bonchev–Trinajstić information content (AvgIpc) is 3.34. The molecule has 0 aliphatic carbocycles. The number of phosphoric ester groups is 1. The van der Waals surface area contributed by atoms with Gasteiger partial charge in [0.05, 0.1) is 39.1 Å². The van der Waals surface area contributed by atoms with Crippen molar-refractivity contribution in [2.75, 3.05) is 39.6 Å². The number of aliphatic hydroxyl groups excluding tert-OH is 17. The van der Waals surface area contributed by atoms with E-state index in [2.05, 4.69) is 9.41 Å². The van der Waals surface area contributed by atoms with Crippen LogP contribution >= 0.6 is 7.82 Å². The van der Waals surface area contributed by atoms with Crippen molar-refractivity contribution in [1.82, 2.24) is 0 Å². The largest absolute Gasteiger partial charge is 0.469 e. The van der Waals surface area contributed by atoms with E-state index in [1.54, 1.807) is 0 Å². The Morgan fingerprint density at radius 3 is 1.21 bits per heavy atom. The number of ether oxygens (including phenoxy) is 11. The fraction of sp³-hybridized carbons (Fsp3) is 1.00. The van der Waals surface area contributed by atoms with Gasteiger partial charge in [0.2, 0.25) is 0 Å². The summed E-state index contributed by atoms with van der Waals surface area (Å²) in [4.78, 5) is 22.2. The van der Waals surface area contributed by atoms with E-state index in [0.717, 1.165) is 0 Å². The zero-order valence-corrected chi connectivity index (χ0v) is 38.6. The zero-order chi connectivity index (χ0) is 53.3. The summed E-state index contributed by atoms with van der Waals surface area (Å²) in [5.41, 5.74) is 0. The van der Waals surface area contributed by atoms with Gasteiger partial charge in [-0.15, -0.1) is 0 Å². The first-order chi connectivity index (χ1) is 33.8. The topological polar surface area (TPSA) is 542 Å². The lowest BCUT2D eigenvalue weighted by Gasteiger charge is -2.48. The highest BCUT2D eigenvalue weighted by atomic mass is 31.2. The first-order valence-corrected chi connectivity index (χ1v) is 23.9. The Bertz CT molecular complexity index is 1710. The molecule has 0 aromatic carbocycles. The second kappa shape index (κ2) is 25.6. The van der Waals surface area contributed by atoms with Crippen molar-refractivity contribution < 1.29 is 168 Å². The Labute approximate surface area is 406 Å². The van der Waals surface area contributed by atoms with Gasteiger partial charge in [-0.3, -0.25) is 9.78 Å². The summed E-state index contributed by atoms with van der Waals surface area (Å²) in [6.07, 6.45) is -56.3. The predicted octanol–water partition coefficient (Wildman–Crippen LogP) is -12.4. The third-order valence-electron chi connectivity index (χ3n) is 12.9. The number of rotatable bonds is 19. The zero-order valence-electron chi connectivity index (χ0n) is 37.7. The summed E-state index contributed by atoms with van der Waals surface area (Å²) in [5.74, 6) is 0. The first kappa shape index (κ1) is 60.1. The fourth-order valence-corrected chi connectivity index (χ4v) is 9.02. The summed E-state index contributed by atoms with van der Waals surface area (Å²) in [6.45, 7) is -3.96. The molecule has 30 atom stereocenters. The molecule has 0 spiro atoms. The molecule has 0 radical (unpaired) electrons. The lowest BCUT2D eigenvalue weighted by Crippen LogP contribution is -2.67. The molecule has 0 aromatic heterocycles. The Morgan fingerprint density at radius 1 is 0.375 bits per heavy atom. The monoisotopic (exact) mass is 1080 g/mol. The van der Waals surface area contributed by atoms with Crippen LogP contribution in [0.1, 0.15) is 6.92 Å². The van der Waals surface area contributed by atoms with Gasteiger partial charge in [0.15, 0.2) is 31.5 Å². The van der Waals surface area contributed by atoms with Crippen molar-refractivity contribution >= 4 is 7.82 Å². The van der Waals surface area contributed by atoms with Gasteiger partial charge in [-0.1, -0.05) is 0 Å². The van der Waals surface area contributed by atoms with Crippen LogP contribution in [-0.4, -0.2) is 326 Å². The molecule has 35 heteroatoms. The average molecular weight is 1080 g/mol. The van der Waals surface area contributed by atoms with Gasteiger partial charge in [0.1, 0.15) is 153 Å². The van der Waals surface area contributed by atoms with Gasteiger partial charge in [0, 0.05) is 0 Å². The lowest BCUT2D eigenvalue weighted by atomic mass is 9.94. The standard InChI is InChI=1S/C37H65O34P/c1-8-15(40)30(69-37-32(26(51)17(42)10(3-39)65-37)71-35-29(54)24(49)20(45)14(68-35)7-62-72(56,57)58)21(46)12(63-8)5-59-33-27(52)22(47)18(43)11(66-33)4-60-36-31(25(50)16(41)9(2-38)64-36)70-34-28(53)23(48)19(44)13(67-34)6-61-55/h8-55H,2-7H2,1H3,(H2,56,57,58)/t8-,9?,10?,11?,12?,13?,14?,15?,16+,17+,18+,19+,20+,21+,22-,23-,24-,25-,26-,27?,28?,29?,30+,31?,32?,33-,34-,35+,36-,37-/m0/s1. The van der Waals surface area contributed by atoms with Crippen LogP contribution in [0.4, 0.5) is 0 Å². The number of hydrogen-bond acceptors (Lipinski definition) is 32. The van der Waals surface area contributed by atoms with E-state index in [1.807, 2.05) is 0 Å². The molecule has 12 unspecified atom stereocenters. The molecule has 34 nitrogen and oxygen atoms in total. The molecule has 0 amide bonds. The molecule has 0 saturated carbocycles. The normalized spacial score (nSPS) is 50.7. The maximum absolute atomic E-state index is 11.5. The minimum absolute atomic E-state index is 0.732. The Kier molecular flexibility index (Phi) is 21.4. The van der Waals surface area contributed by atoms with E-state index >= 15 is 0 Å². The summed E-state index contributed by atoms with van der Waals surface area (Å²) in [7, 11) is -5.16. The van der Waals surface area contributed by atoms with Crippen LogP contribution in [0.5, 0.6) is 0 Å². The van der Waals surface area contributed by atoms with Crippen molar-refractivity contribution in [3.63, 3.8) is 0 Å². The Morgan fingerprint density at radius 2 is 0.736 bits per heavy atom. The summed E-state index contributed by atoms with van der Waals surface area (Å²) < 4.78 is 77.5. The minimum atomic E-state index is -5.16. The van der Waals surface area contributed by atoms with Gasteiger partial charge in [-0.05, 0) is 6.92 Å². The van der Waals surface area contributed by atoms with E-state index in [0.29, 0.717) is 0 Å². The number of aliphatic hydroxyl groups is 17. The SMILES string of the molecule is C[C@@H]1OC(CO[C@H]2OC(CO[C@H]3OC(CO)[C@@H](O)[C@H](O)C3O[C@@H]3OC(COO)[C@@H](O)[C@H](O)C3O)[C@@H](O)[C@H](O)C2O)[C@@H](O)[C@H](O[C@@H]2OC(CO)[C@@H](O)[C@H](O)C2O[C@H]2OC(COP(=O)(O)O)[C@@H](O)[C@H](O)C2O)C1O. The van der Waals surface area contributed by atoms with Crippen LogP contribution in [0, 0.1) is 0 Å². The van der Waals surface area contributed by atoms with Gasteiger partial charge in [-0.25, -0.2) is 9.45 Å². The fourth-order valence-electron chi connectivity index (χ4n) is 8.68. The molecule has 6 rings (SSSR count). The molecule has 6 aliphatic rings. The van der Waals surface area contributed by atoms with Crippen LogP contribution in [0.25, 0.3) is 0 Å². The summed E-state index contributed by atoms with van der Waals surface area (Å²) in [5, 5.41) is 190. The van der Waals surface area contributed by atoms with Crippen molar-refractivity contribution in [3.8, 4) is 0 Å². The van der Waals surface area contributed by atoms with E-state index in [4.69, 9.17) is 67.1 Å². The lowest BCUT2D eigenvalue weighted by molar-refractivity contribution is -0.383. The van der Waals surface area contributed by atoms with Gasteiger partial charge >= 0.3 is 7.82 Å². The van der Waals surface area contributed by atoms with Crippen molar-refractivity contribution in [3.05, 3.63) is 0 Å². The van der Waals surface area contributed by atoms with Crippen molar-refractivity contribution in [2.45, 2.75) is 191 Å². The molecular weight excluding hydrogens is 1020 g/mol. The van der Waals surface area contributed by atoms with Crippen LogP contribution in [0.15, 0.2) is 0 Å². The van der Waals surface area contributed by atoms with Crippen molar-refractivity contribution in [2.24, 2.45) is 0 Å². The van der Waals surface area contributed by atoms with Crippen LogP contribution in [0.2, 0.25) is 0 Å². The van der Waals surface area contributed by atoms with E-state index in [-0.39, 0.29) is 0 Å². The molecule has 6 aliphatic heterocycles. The molecule has 6 saturated heterocycles. The third-order valence-corrected chi connectivity index (χ3v) is 13.4. The molecule has 6 heterocycles. The molecule has 20 N–H and O–H groups in total. The minimum Gasteiger partial charge on any atom is -0.394 e. The Balaban J connectivity index is 1.13. The first-order valence-electron chi connectivity index (χ1n) is 22.3. The second-order valence-electron chi connectivity index (χ2n) is 17.9. The molecule has 6 fully saturated rings. The smallest absolute Gasteiger partial charge is 0.394 e. The molecule has 0 bridgehead atoms. The van der Waals surface area contributed by atoms with Crippen molar-refractivity contribution in [1.29, 1.82) is 0 Å². The van der Waals surface area contributed by atoms with E-state index < -0.39 is 232 Å². The maximum atomic E-state index is 11.5. The molecule has 72 heavy (non-hydrogen) atoms. The van der Waals surface area contributed by atoms with Gasteiger partial charge in [-0.2, -0.15) is 0 Å². The van der Waals surface area contributed by atoms with Crippen LogP contribution in [-0.2, 0) is 66.1 Å². The second-order valence-corrected chi connectivity index (χ2v) is 19.1. The summed E-state index contributed by atoms with van der Waals surface area (Å²) >= 11 is 0. The highest BCUT2D eigenvalue weighted by molar-refractivity contribution is 7.46. The third kappa shape index (κ3) is 13.4. The summed E-state index contributed by atoms with van der Waals surface area (Å²) in [6, 6.07) is 0. The van der Waals surface area contributed by atoms with Crippen LogP contribution in [0.3, 0.4) is 0 Å². The number of phosphoric acid groups is 1. The van der Waals surface area contributed by atoms with Crippen LogP contribution < -0.4 is 0 Å². The van der Waals surface area contributed by atoms with E-state index in [1.165, 1.54) is 6.92 Å². The van der Waals surface area contributed by atoms with Gasteiger partial charge in [0.25, 0.3) is 0 Å². The van der Waals surface area contributed by atoms with Gasteiger partial charge < -0.3 is 149 Å². The highest BCUT2D eigenvalue weighted by Crippen LogP contribution is 2.39. The number of hydrogen-bond donors (Lipinski definition) is 20. The quantitative estimate of drug-likeness (QED) is 0.0324. The molecule has 422 valence electrons. The Hall–Kier alpha value is -1.09. The molecule has 0 aromatic rings. The maximum Gasteiger partial charge on any atom is 0.469 e. The molecular formula is C37H65O34P. The van der Waals surface area contributed by atoms with E-state index in [9.17, 15) is 91.4 Å². The predicted molar refractivity (Wildman–Crippen MR) is 215 cm³/mol.